The van der Waals surface area contributed by atoms with Gasteiger partial charge < -0.3 is 10.6 Å². The molecule has 1 saturated heterocycles. The highest BCUT2D eigenvalue weighted by Gasteiger charge is 2.20. The van der Waals surface area contributed by atoms with Crippen molar-refractivity contribution in [1.82, 2.24) is 19.7 Å². The minimum absolute atomic E-state index is 0.0253. The van der Waals surface area contributed by atoms with Gasteiger partial charge in [0.2, 0.25) is 0 Å². The van der Waals surface area contributed by atoms with Crippen molar-refractivity contribution in [1.29, 1.82) is 0 Å². The van der Waals surface area contributed by atoms with Gasteiger partial charge in [0.15, 0.2) is 0 Å². The van der Waals surface area contributed by atoms with Gasteiger partial charge in [-0.2, -0.15) is 5.10 Å². The summed E-state index contributed by atoms with van der Waals surface area (Å²) >= 11 is 0. The summed E-state index contributed by atoms with van der Waals surface area (Å²) in [5, 5.41) is 4.25. The van der Waals surface area contributed by atoms with E-state index in [1.807, 2.05) is 37.6 Å². The monoisotopic (exact) mass is 396 g/mol. The number of aromatic nitrogens is 4. The van der Waals surface area contributed by atoms with E-state index in [-0.39, 0.29) is 5.92 Å². The first-order valence-corrected chi connectivity index (χ1v) is 10.8. The highest BCUT2D eigenvalue weighted by molar-refractivity contribution is 7.85. The number of nitrogens with zero attached hydrogens (tertiary/aromatic N) is 5. The molecule has 146 valence electrons. The summed E-state index contributed by atoms with van der Waals surface area (Å²) in [6.45, 7) is 3.63. The number of anilines is 2. The van der Waals surface area contributed by atoms with Gasteiger partial charge in [0.1, 0.15) is 12.1 Å². The van der Waals surface area contributed by atoms with E-state index in [9.17, 15) is 4.21 Å². The fourth-order valence-electron chi connectivity index (χ4n) is 3.50. The highest BCUT2D eigenvalue weighted by atomic mass is 32.2. The number of aryl methyl sites for hydroxylation is 1. The molecule has 0 radical (unpaired) electrons. The van der Waals surface area contributed by atoms with Crippen molar-refractivity contribution in [2.45, 2.75) is 12.8 Å². The third-order valence-corrected chi connectivity index (χ3v) is 6.49. The van der Waals surface area contributed by atoms with Crippen LogP contribution >= 0.6 is 0 Å². The molecule has 4 rings (SSSR count). The van der Waals surface area contributed by atoms with E-state index in [2.05, 4.69) is 33.0 Å². The number of benzene rings is 1. The van der Waals surface area contributed by atoms with Crippen molar-refractivity contribution in [3.05, 3.63) is 54.2 Å². The molecule has 2 N–H and O–H groups in total. The van der Waals surface area contributed by atoms with Crippen LogP contribution in [-0.2, 0) is 17.8 Å². The standard InChI is InChI=1S/C20H24N6OS/c1-14(17-9-15(3-4-18(17)21)16-11-24-25(2)12-16)19-10-20(23-13-22-19)26-5-7-28(27)8-6-26/h3-4,9-14H,5-8,21H2,1-2H3. The van der Waals surface area contributed by atoms with Crippen LogP contribution in [0.3, 0.4) is 0 Å². The number of rotatable bonds is 4. The summed E-state index contributed by atoms with van der Waals surface area (Å²) in [7, 11) is 1.20. The largest absolute Gasteiger partial charge is 0.398 e. The third-order valence-electron chi connectivity index (χ3n) is 5.21. The van der Waals surface area contributed by atoms with E-state index in [0.717, 1.165) is 47.0 Å². The van der Waals surface area contributed by atoms with Crippen molar-refractivity contribution in [3.8, 4) is 11.1 Å². The number of hydrogen-bond donors (Lipinski definition) is 1. The molecule has 8 heteroatoms. The summed E-state index contributed by atoms with van der Waals surface area (Å²) in [6.07, 6.45) is 5.44. The van der Waals surface area contributed by atoms with Crippen LogP contribution in [0.5, 0.6) is 0 Å². The Kier molecular flexibility index (Phi) is 5.13. The van der Waals surface area contributed by atoms with E-state index >= 15 is 0 Å². The van der Waals surface area contributed by atoms with Crippen molar-refractivity contribution in [2.75, 3.05) is 35.2 Å². The SMILES string of the molecule is CC(c1cc(N2CCS(=O)CC2)ncn1)c1cc(-c2cnn(C)c2)ccc1N. The van der Waals surface area contributed by atoms with E-state index < -0.39 is 10.8 Å². The van der Waals surface area contributed by atoms with Crippen LogP contribution in [0.4, 0.5) is 11.5 Å². The van der Waals surface area contributed by atoms with Crippen LogP contribution in [0.15, 0.2) is 43.0 Å². The Balaban J connectivity index is 1.63. The minimum Gasteiger partial charge on any atom is -0.398 e. The average Bonchev–Trinajstić information content (AvgIpc) is 3.15. The first-order valence-electron chi connectivity index (χ1n) is 9.31. The van der Waals surface area contributed by atoms with Crippen molar-refractivity contribution in [3.63, 3.8) is 0 Å². The molecule has 2 aromatic heterocycles. The van der Waals surface area contributed by atoms with E-state index in [1.54, 1.807) is 11.0 Å². The van der Waals surface area contributed by atoms with Crippen LogP contribution in [0.2, 0.25) is 0 Å². The van der Waals surface area contributed by atoms with Crippen LogP contribution in [0, 0.1) is 0 Å². The Morgan fingerprint density at radius 3 is 2.64 bits per heavy atom. The molecule has 0 bridgehead atoms. The zero-order chi connectivity index (χ0) is 19.7. The average molecular weight is 397 g/mol. The van der Waals surface area contributed by atoms with E-state index in [4.69, 9.17) is 5.73 Å². The quantitative estimate of drug-likeness (QED) is 0.680. The lowest BCUT2D eigenvalue weighted by Crippen LogP contribution is -2.38. The third kappa shape index (κ3) is 3.77. The summed E-state index contributed by atoms with van der Waals surface area (Å²) in [6, 6.07) is 8.09. The van der Waals surface area contributed by atoms with Gasteiger partial charge in [0.05, 0.1) is 11.9 Å². The van der Waals surface area contributed by atoms with Crippen molar-refractivity contribution >= 4 is 22.3 Å². The molecule has 3 heterocycles. The first-order chi connectivity index (χ1) is 13.5. The van der Waals surface area contributed by atoms with Crippen LogP contribution in [0.1, 0.15) is 24.1 Å². The predicted octanol–water partition coefficient (Wildman–Crippen LogP) is 2.18. The number of nitrogen functional groups attached to an aromatic ring is 1. The van der Waals surface area contributed by atoms with Crippen LogP contribution in [-0.4, -0.2) is 48.6 Å². The molecule has 0 spiro atoms. The molecule has 1 aliphatic heterocycles. The molecule has 0 saturated carbocycles. The Labute approximate surface area is 167 Å². The maximum atomic E-state index is 11.6. The lowest BCUT2D eigenvalue weighted by molar-refractivity contribution is 0.672. The van der Waals surface area contributed by atoms with Gasteiger partial charge >= 0.3 is 0 Å². The van der Waals surface area contributed by atoms with E-state index in [0.29, 0.717) is 11.5 Å². The maximum absolute atomic E-state index is 11.6. The van der Waals surface area contributed by atoms with Crippen molar-refractivity contribution < 1.29 is 4.21 Å². The highest BCUT2D eigenvalue weighted by Crippen LogP contribution is 2.32. The van der Waals surface area contributed by atoms with Gasteiger partial charge in [0, 0.05) is 71.9 Å². The number of hydrogen-bond acceptors (Lipinski definition) is 6. The maximum Gasteiger partial charge on any atom is 0.132 e. The lowest BCUT2D eigenvalue weighted by atomic mass is 9.93. The topological polar surface area (TPSA) is 89.9 Å². The second-order valence-electron chi connectivity index (χ2n) is 7.10. The minimum atomic E-state index is -0.709. The molecule has 0 amide bonds. The zero-order valence-electron chi connectivity index (χ0n) is 16.1. The molecule has 1 aromatic carbocycles. The smallest absolute Gasteiger partial charge is 0.132 e. The molecule has 28 heavy (non-hydrogen) atoms. The second-order valence-corrected chi connectivity index (χ2v) is 8.80. The first kappa shape index (κ1) is 18.6. The molecule has 0 aliphatic carbocycles. The fraction of sp³-hybridized carbons (Fsp3) is 0.350. The van der Waals surface area contributed by atoms with Gasteiger partial charge in [-0.15, -0.1) is 0 Å². The molecule has 1 aliphatic rings. The lowest BCUT2D eigenvalue weighted by Gasteiger charge is -2.27. The van der Waals surface area contributed by atoms with Gasteiger partial charge in [-0.25, -0.2) is 9.97 Å². The molecular weight excluding hydrogens is 372 g/mol. The second kappa shape index (κ2) is 7.71. The molecule has 1 atom stereocenters. The zero-order valence-corrected chi connectivity index (χ0v) is 16.9. The van der Waals surface area contributed by atoms with E-state index in [1.165, 1.54) is 0 Å². The molecule has 1 fully saturated rings. The van der Waals surface area contributed by atoms with Gasteiger partial charge in [-0.1, -0.05) is 13.0 Å². The van der Waals surface area contributed by atoms with Crippen LogP contribution in [0.25, 0.3) is 11.1 Å². The van der Waals surface area contributed by atoms with Crippen molar-refractivity contribution in [2.24, 2.45) is 7.05 Å². The Bertz CT molecular complexity index is 1010. The Morgan fingerprint density at radius 1 is 1.14 bits per heavy atom. The predicted molar refractivity (Wildman–Crippen MR) is 113 cm³/mol. The van der Waals surface area contributed by atoms with Crippen LogP contribution < -0.4 is 10.6 Å². The van der Waals surface area contributed by atoms with Gasteiger partial charge in [-0.05, 0) is 23.3 Å². The van der Waals surface area contributed by atoms with Gasteiger partial charge in [-0.3, -0.25) is 8.89 Å². The summed E-state index contributed by atoms with van der Waals surface area (Å²) < 4.78 is 13.4. The van der Waals surface area contributed by atoms with Gasteiger partial charge in [0.25, 0.3) is 0 Å². The summed E-state index contributed by atoms with van der Waals surface area (Å²) in [4.78, 5) is 11.1. The normalized spacial score (nSPS) is 16.3. The molecule has 1 unspecified atom stereocenters. The summed E-state index contributed by atoms with van der Waals surface area (Å²) in [5.41, 5.74) is 11.1. The fourth-order valence-corrected chi connectivity index (χ4v) is 4.55. The molecule has 3 aromatic rings. The molecular formula is C20H24N6OS. The Morgan fingerprint density at radius 2 is 1.93 bits per heavy atom. The molecule has 7 nitrogen and oxygen atoms in total. The summed E-state index contributed by atoms with van der Waals surface area (Å²) in [5.74, 6) is 2.29. The number of nitrogens with two attached hydrogens (primary N) is 1. The Hall–Kier alpha value is -2.74.